The fourth-order valence-corrected chi connectivity index (χ4v) is 3.84. The van der Waals surface area contributed by atoms with Crippen LogP contribution in [0.15, 0.2) is 66.7 Å². The summed E-state index contributed by atoms with van der Waals surface area (Å²) in [5.74, 6) is 1.14. The first-order valence-corrected chi connectivity index (χ1v) is 9.86. The molecule has 1 fully saturated rings. The molecule has 0 radical (unpaired) electrons. The highest BCUT2D eigenvalue weighted by Crippen LogP contribution is 2.23. The Hall–Kier alpha value is -2.85. The zero-order chi connectivity index (χ0) is 19.3. The third kappa shape index (κ3) is 4.18. The van der Waals surface area contributed by atoms with E-state index in [9.17, 15) is 4.79 Å². The molecule has 1 atom stereocenters. The number of hydrogen-bond donors (Lipinski definition) is 1. The van der Waals surface area contributed by atoms with E-state index in [4.69, 9.17) is 4.74 Å². The van der Waals surface area contributed by atoms with Crippen LogP contribution in [0.3, 0.4) is 0 Å². The summed E-state index contributed by atoms with van der Waals surface area (Å²) in [6, 6.07) is 23.2. The van der Waals surface area contributed by atoms with Crippen molar-refractivity contribution in [2.75, 3.05) is 20.2 Å². The maximum absolute atomic E-state index is 12.1. The van der Waals surface area contributed by atoms with Crippen LogP contribution in [0.1, 0.15) is 30.0 Å². The third-order valence-electron chi connectivity index (χ3n) is 5.44. The Morgan fingerprint density at radius 1 is 1.04 bits per heavy atom. The van der Waals surface area contributed by atoms with Crippen LogP contribution in [-0.4, -0.2) is 31.0 Å². The third-order valence-corrected chi connectivity index (χ3v) is 5.44. The van der Waals surface area contributed by atoms with Crippen LogP contribution in [0.5, 0.6) is 5.75 Å². The lowest BCUT2D eigenvalue weighted by Crippen LogP contribution is -2.35. The molecule has 4 rings (SSSR count). The SMILES string of the molecule is COc1ccc2cc(CN[C@@H](CN3CCCC3=O)c3ccccc3)ccc2c1. The molecule has 0 unspecified atom stereocenters. The number of methoxy groups -OCH3 is 1. The number of carbonyl (C=O) groups excluding carboxylic acids is 1. The van der Waals surface area contributed by atoms with Gasteiger partial charge in [-0.3, -0.25) is 4.79 Å². The minimum atomic E-state index is 0.120. The molecule has 0 aliphatic carbocycles. The van der Waals surface area contributed by atoms with Crippen LogP contribution in [0, 0.1) is 0 Å². The van der Waals surface area contributed by atoms with Gasteiger partial charge >= 0.3 is 0 Å². The highest BCUT2D eigenvalue weighted by Gasteiger charge is 2.24. The molecule has 0 spiro atoms. The first kappa shape index (κ1) is 18.5. The van der Waals surface area contributed by atoms with Crippen molar-refractivity contribution in [1.29, 1.82) is 0 Å². The lowest BCUT2D eigenvalue weighted by molar-refractivity contribution is -0.128. The number of hydrogen-bond acceptors (Lipinski definition) is 3. The van der Waals surface area contributed by atoms with E-state index < -0.39 is 0 Å². The van der Waals surface area contributed by atoms with Gasteiger partial charge in [-0.2, -0.15) is 0 Å². The molecular weight excluding hydrogens is 348 g/mol. The second-order valence-corrected chi connectivity index (χ2v) is 7.33. The Morgan fingerprint density at radius 3 is 2.57 bits per heavy atom. The molecule has 4 nitrogen and oxygen atoms in total. The first-order valence-electron chi connectivity index (χ1n) is 9.86. The van der Waals surface area contributed by atoms with Gasteiger partial charge in [0.05, 0.1) is 13.2 Å². The van der Waals surface area contributed by atoms with Crippen LogP contribution < -0.4 is 10.1 Å². The van der Waals surface area contributed by atoms with Crippen molar-refractivity contribution >= 4 is 16.7 Å². The van der Waals surface area contributed by atoms with Crippen molar-refractivity contribution < 1.29 is 9.53 Å². The number of nitrogens with zero attached hydrogens (tertiary/aromatic N) is 1. The predicted molar refractivity (Wildman–Crippen MR) is 112 cm³/mol. The number of amides is 1. The molecule has 1 N–H and O–H groups in total. The lowest BCUT2D eigenvalue weighted by atomic mass is 10.0. The molecule has 1 aliphatic heterocycles. The number of ether oxygens (including phenoxy) is 1. The number of benzene rings is 3. The molecule has 1 aliphatic rings. The fourth-order valence-electron chi connectivity index (χ4n) is 3.84. The van der Waals surface area contributed by atoms with E-state index in [-0.39, 0.29) is 11.9 Å². The zero-order valence-corrected chi connectivity index (χ0v) is 16.2. The Balaban J connectivity index is 1.50. The summed E-state index contributed by atoms with van der Waals surface area (Å²) in [6.07, 6.45) is 1.64. The standard InChI is InChI=1S/C24H26N2O2/c1-28-22-12-11-20-14-18(9-10-21(20)15-22)16-25-23(19-6-3-2-4-7-19)17-26-13-5-8-24(26)27/h2-4,6-7,9-12,14-15,23,25H,5,8,13,16-17H2,1H3/t23-/m0/s1. The normalized spacial score (nSPS) is 15.2. The van der Waals surface area contributed by atoms with Gasteiger partial charge < -0.3 is 15.0 Å². The van der Waals surface area contributed by atoms with Crippen LogP contribution in [-0.2, 0) is 11.3 Å². The van der Waals surface area contributed by atoms with E-state index in [2.05, 4.69) is 59.9 Å². The molecule has 28 heavy (non-hydrogen) atoms. The smallest absolute Gasteiger partial charge is 0.222 e. The van der Waals surface area contributed by atoms with E-state index in [1.165, 1.54) is 21.9 Å². The van der Waals surface area contributed by atoms with Gasteiger partial charge in [0, 0.05) is 26.1 Å². The molecule has 3 aromatic carbocycles. The molecule has 1 saturated heterocycles. The summed E-state index contributed by atoms with van der Waals surface area (Å²) >= 11 is 0. The highest BCUT2D eigenvalue weighted by atomic mass is 16.5. The van der Waals surface area contributed by atoms with Gasteiger partial charge in [0.25, 0.3) is 0 Å². The number of carbonyl (C=O) groups is 1. The topological polar surface area (TPSA) is 41.6 Å². The minimum absolute atomic E-state index is 0.120. The van der Waals surface area contributed by atoms with Crippen molar-refractivity contribution in [2.24, 2.45) is 0 Å². The molecule has 4 heteroatoms. The summed E-state index contributed by atoms with van der Waals surface area (Å²) in [4.78, 5) is 14.1. The van der Waals surface area contributed by atoms with E-state index in [0.717, 1.165) is 25.3 Å². The van der Waals surface area contributed by atoms with Crippen molar-refractivity contribution in [1.82, 2.24) is 10.2 Å². The van der Waals surface area contributed by atoms with Gasteiger partial charge in [0.2, 0.25) is 5.91 Å². The Kier molecular flexibility index (Phi) is 5.58. The molecule has 0 aromatic heterocycles. The van der Waals surface area contributed by atoms with Gasteiger partial charge in [-0.15, -0.1) is 0 Å². The Labute approximate surface area is 166 Å². The first-order chi connectivity index (χ1) is 13.7. The average Bonchev–Trinajstić information content (AvgIpc) is 3.15. The van der Waals surface area contributed by atoms with Crippen LogP contribution in [0.4, 0.5) is 0 Å². The predicted octanol–water partition coefficient (Wildman–Crippen LogP) is 4.30. The number of fused-ring (bicyclic) bond motifs is 1. The summed E-state index contributed by atoms with van der Waals surface area (Å²) in [7, 11) is 1.69. The van der Waals surface area contributed by atoms with Crippen LogP contribution in [0.25, 0.3) is 10.8 Å². The van der Waals surface area contributed by atoms with Gasteiger partial charge in [0.1, 0.15) is 5.75 Å². The van der Waals surface area contributed by atoms with Gasteiger partial charge in [-0.05, 0) is 46.5 Å². The molecule has 3 aromatic rings. The summed E-state index contributed by atoms with van der Waals surface area (Å²) < 4.78 is 5.31. The van der Waals surface area contributed by atoms with Crippen LogP contribution >= 0.6 is 0 Å². The maximum Gasteiger partial charge on any atom is 0.222 e. The molecule has 1 amide bonds. The van der Waals surface area contributed by atoms with E-state index in [1.807, 2.05) is 17.0 Å². The second kappa shape index (κ2) is 8.44. The van der Waals surface area contributed by atoms with Crippen molar-refractivity contribution in [3.8, 4) is 5.75 Å². The molecular formula is C24H26N2O2. The van der Waals surface area contributed by atoms with E-state index in [1.54, 1.807) is 7.11 Å². The second-order valence-electron chi connectivity index (χ2n) is 7.33. The highest BCUT2D eigenvalue weighted by molar-refractivity contribution is 5.84. The molecule has 1 heterocycles. The summed E-state index contributed by atoms with van der Waals surface area (Å²) in [5.41, 5.74) is 2.44. The Morgan fingerprint density at radius 2 is 1.82 bits per heavy atom. The lowest BCUT2D eigenvalue weighted by Gasteiger charge is -2.25. The van der Waals surface area contributed by atoms with Gasteiger partial charge in [-0.1, -0.05) is 48.5 Å². The van der Waals surface area contributed by atoms with Crippen molar-refractivity contribution in [3.05, 3.63) is 77.9 Å². The average molecular weight is 374 g/mol. The quantitative estimate of drug-likeness (QED) is 0.670. The van der Waals surface area contributed by atoms with Crippen LogP contribution in [0.2, 0.25) is 0 Å². The summed E-state index contributed by atoms with van der Waals surface area (Å²) in [6.45, 7) is 2.33. The number of likely N-dealkylation sites (tertiary alicyclic amines) is 1. The van der Waals surface area contributed by atoms with Crippen molar-refractivity contribution in [2.45, 2.75) is 25.4 Å². The maximum atomic E-state index is 12.1. The summed E-state index contributed by atoms with van der Waals surface area (Å²) in [5, 5.41) is 6.04. The number of nitrogens with one attached hydrogen (secondary N) is 1. The minimum Gasteiger partial charge on any atom is -0.497 e. The fraction of sp³-hybridized carbons (Fsp3) is 0.292. The van der Waals surface area contributed by atoms with E-state index in [0.29, 0.717) is 13.0 Å². The van der Waals surface area contributed by atoms with Gasteiger partial charge in [0.15, 0.2) is 0 Å². The molecule has 0 saturated carbocycles. The number of rotatable bonds is 7. The monoisotopic (exact) mass is 374 g/mol. The Bertz CT molecular complexity index is 955. The molecule has 144 valence electrons. The van der Waals surface area contributed by atoms with Gasteiger partial charge in [-0.25, -0.2) is 0 Å². The zero-order valence-electron chi connectivity index (χ0n) is 16.2. The molecule has 0 bridgehead atoms. The van der Waals surface area contributed by atoms with E-state index >= 15 is 0 Å². The largest absolute Gasteiger partial charge is 0.497 e. The van der Waals surface area contributed by atoms with Crippen molar-refractivity contribution in [3.63, 3.8) is 0 Å².